The molecule has 3 rings (SSSR count). The molecule has 1 aliphatic carbocycles. The zero-order valence-corrected chi connectivity index (χ0v) is 12.8. The topological polar surface area (TPSA) is 84.5 Å². The van der Waals surface area contributed by atoms with Crippen molar-refractivity contribution >= 4 is 17.3 Å². The van der Waals surface area contributed by atoms with Crippen LogP contribution in [0.25, 0.3) is 5.70 Å². The Kier molecular flexibility index (Phi) is 4.29. The highest BCUT2D eigenvalue weighted by atomic mass is 16.1. The third kappa shape index (κ3) is 3.06. The zero-order chi connectivity index (χ0) is 15.5. The monoisotopic (exact) mass is 299 g/mol. The fourth-order valence-electron chi connectivity index (χ4n) is 3.34. The van der Waals surface area contributed by atoms with Crippen LogP contribution in [0.1, 0.15) is 31.5 Å². The second-order valence-corrected chi connectivity index (χ2v) is 5.95. The van der Waals surface area contributed by atoms with E-state index in [0.717, 1.165) is 18.5 Å². The minimum absolute atomic E-state index is 0.124. The maximum absolute atomic E-state index is 11.3. The number of hydrogen-bond acceptors (Lipinski definition) is 5. The van der Waals surface area contributed by atoms with Crippen molar-refractivity contribution in [2.75, 3.05) is 13.6 Å². The molecule has 0 spiro atoms. The molecule has 0 aromatic carbocycles. The third-order valence-corrected chi connectivity index (χ3v) is 4.34. The van der Waals surface area contributed by atoms with Gasteiger partial charge in [-0.05, 0) is 38.5 Å². The predicted molar refractivity (Wildman–Crippen MR) is 85.0 cm³/mol. The summed E-state index contributed by atoms with van der Waals surface area (Å²) in [6.07, 6.45) is 10.0. The normalized spacial score (nSPS) is 24.5. The number of hydrogen-bond donors (Lipinski definition) is 1. The standard InChI is InChI=1S/C16H21N5O/c1-21(10-15(17)22)14-9-13(16-18-7-4-8-19-16)20-12-6-3-2-5-11(12)14/h4,7-9,11,14H,2-3,5-6,10H2,1H3,(H2,17,22)/t11?,14-/m0/s1. The molecule has 6 heteroatoms. The zero-order valence-electron chi connectivity index (χ0n) is 12.8. The second kappa shape index (κ2) is 6.36. The quantitative estimate of drug-likeness (QED) is 0.906. The van der Waals surface area contributed by atoms with E-state index in [0.29, 0.717) is 11.7 Å². The van der Waals surface area contributed by atoms with Gasteiger partial charge in [-0.2, -0.15) is 0 Å². The van der Waals surface area contributed by atoms with Gasteiger partial charge in [0.1, 0.15) is 5.70 Å². The number of amides is 1. The minimum Gasteiger partial charge on any atom is -0.369 e. The fourth-order valence-corrected chi connectivity index (χ4v) is 3.34. The number of aliphatic imine (C=N–C) groups is 1. The lowest BCUT2D eigenvalue weighted by molar-refractivity contribution is -0.119. The average Bonchev–Trinajstić information content (AvgIpc) is 2.54. The van der Waals surface area contributed by atoms with E-state index in [2.05, 4.69) is 16.0 Å². The van der Waals surface area contributed by atoms with E-state index in [1.54, 1.807) is 18.5 Å². The first kappa shape index (κ1) is 14.8. The van der Waals surface area contributed by atoms with Crippen LogP contribution < -0.4 is 5.73 Å². The van der Waals surface area contributed by atoms with Crippen LogP contribution in [0.3, 0.4) is 0 Å². The van der Waals surface area contributed by atoms with Crippen molar-refractivity contribution in [3.8, 4) is 0 Å². The summed E-state index contributed by atoms with van der Waals surface area (Å²) < 4.78 is 0. The molecule has 2 aliphatic rings. The van der Waals surface area contributed by atoms with Crippen LogP contribution in [0.4, 0.5) is 0 Å². The lowest BCUT2D eigenvalue weighted by atomic mass is 9.79. The van der Waals surface area contributed by atoms with Crippen molar-refractivity contribution in [3.63, 3.8) is 0 Å². The van der Waals surface area contributed by atoms with E-state index >= 15 is 0 Å². The SMILES string of the molecule is CN(CC(N)=O)[C@H]1C=C(c2ncccn2)N=C2CCCCC21. The molecule has 22 heavy (non-hydrogen) atoms. The third-order valence-electron chi connectivity index (χ3n) is 4.34. The van der Waals surface area contributed by atoms with Crippen molar-refractivity contribution in [2.24, 2.45) is 16.6 Å². The molecule has 116 valence electrons. The smallest absolute Gasteiger partial charge is 0.231 e. The van der Waals surface area contributed by atoms with Crippen LogP contribution in [0.15, 0.2) is 29.5 Å². The highest BCUT2D eigenvalue weighted by molar-refractivity contribution is 5.94. The molecule has 6 nitrogen and oxygen atoms in total. The first-order valence-corrected chi connectivity index (χ1v) is 7.70. The maximum atomic E-state index is 11.3. The molecule has 1 aromatic rings. The molecule has 1 aliphatic heterocycles. The van der Waals surface area contributed by atoms with Gasteiger partial charge in [0.25, 0.3) is 0 Å². The van der Waals surface area contributed by atoms with E-state index in [-0.39, 0.29) is 18.5 Å². The van der Waals surface area contributed by atoms with Gasteiger partial charge < -0.3 is 5.73 Å². The molecule has 2 heterocycles. The molecule has 0 bridgehead atoms. The van der Waals surface area contributed by atoms with Crippen LogP contribution in [-0.4, -0.2) is 46.1 Å². The first-order chi connectivity index (χ1) is 10.6. The largest absolute Gasteiger partial charge is 0.369 e. The maximum Gasteiger partial charge on any atom is 0.231 e. The molecule has 2 atom stereocenters. The Morgan fingerprint density at radius 3 is 2.86 bits per heavy atom. The van der Waals surface area contributed by atoms with E-state index in [4.69, 9.17) is 10.7 Å². The highest BCUT2D eigenvalue weighted by Gasteiger charge is 2.34. The van der Waals surface area contributed by atoms with Gasteiger partial charge in [-0.3, -0.25) is 14.7 Å². The Labute approximate surface area is 130 Å². The van der Waals surface area contributed by atoms with Gasteiger partial charge in [0.2, 0.25) is 5.91 Å². The van der Waals surface area contributed by atoms with Crippen molar-refractivity contribution in [3.05, 3.63) is 30.4 Å². The van der Waals surface area contributed by atoms with E-state index in [1.807, 2.05) is 11.9 Å². The van der Waals surface area contributed by atoms with Gasteiger partial charge in [0, 0.05) is 30.1 Å². The van der Waals surface area contributed by atoms with Crippen molar-refractivity contribution in [1.82, 2.24) is 14.9 Å². The van der Waals surface area contributed by atoms with E-state index < -0.39 is 0 Å². The number of carbonyl (C=O) groups excluding carboxylic acids is 1. The molecule has 1 unspecified atom stereocenters. The molecule has 1 aromatic heterocycles. The van der Waals surface area contributed by atoms with Gasteiger partial charge in [-0.15, -0.1) is 0 Å². The van der Waals surface area contributed by atoms with Crippen LogP contribution in [0.5, 0.6) is 0 Å². The van der Waals surface area contributed by atoms with Gasteiger partial charge in [0.15, 0.2) is 5.82 Å². The summed E-state index contributed by atoms with van der Waals surface area (Å²) in [5.74, 6) is 0.690. The van der Waals surface area contributed by atoms with Crippen LogP contribution in [-0.2, 0) is 4.79 Å². The molecule has 1 fully saturated rings. The molecule has 0 radical (unpaired) electrons. The Hall–Kier alpha value is -2.08. The summed E-state index contributed by atoms with van der Waals surface area (Å²) in [4.78, 5) is 26.7. The van der Waals surface area contributed by atoms with Crippen molar-refractivity contribution in [1.29, 1.82) is 0 Å². The van der Waals surface area contributed by atoms with Crippen LogP contribution >= 0.6 is 0 Å². The first-order valence-electron chi connectivity index (χ1n) is 7.70. The molecular formula is C16H21N5O. The molecule has 1 saturated carbocycles. The van der Waals surface area contributed by atoms with Crippen LogP contribution in [0, 0.1) is 5.92 Å². The number of nitrogens with two attached hydrogens (primary N) is 1. The Bertz CT molecular complexity index is 610. The Morgan fingerprint density at radius 2 is 2.14 bits per heavy atom. The van der Waals surface area contributed by atoms with Gasteiger partial charge in [0.05, 0.1) is 6.54 Å². The van der Waals surface area contributed by atoms with Crippen LogP contribution in [0.2, 0.25) is 0 Å². The summed E-state index contributed by atoms with van der Waals surface area (Å²) in [5, 5.41) is 0. The lowest BCUT2D eigenvalue weighted by Crippen LogP contribution is -2.46. The van der Waals surface area contributed by atoms with Gasteiger partial charge in [-0.1, -0.05) is 6.42 Å². The summed E-state index contributed by atoms with van der Waals surface area (Å²) in [7, 11) is 1.94. The predicted octanol–water partition coefficient (Wildman–Crippen LogP) is 1.25. The summed E-state index contributed by atoms with van der Waals surface area (Å²) in [6.45, 7) is 0.244. The van der Waals surface area contributed by atoms with E-state index in [9.17, 15) is 4.79 Å². The number of nitrogens with zero attached hydrogens (tertiary/aromatic N) is 4. The number of likely N-dealkylation sites (N-methyl/N-ethyl adjacent to an activating group) is 1. The summed E-state index contributed by atoms with van der Waals surface area (Å²) in [6, 6.07) is 1.92. The van der Waals surface area contributed by atoms with Gasteiger partial charge >= 0.3 is 0 Å². The number of rotatable bonds is 4. The summed E-state index contributed by atoms with van der Waals surface area (Å²) in [5.41, 5.74) is 7.36. The Morgan fingerprint density at radius 1 is 1.36 bits per heavy atom. The average molecular weight is 299 g/mol. The fraction of sp³-hybridized carbons (Fsp3) is 0.500. The van der Waals surface area contributed by atoms with E-state index in [1.165, 1.54) is 18.6 Å². The number of carbonyl (C=O) groups is 1. The molecule has 2 N–H and O–H groups in total. The van der Waals surface area contributed by atoms with Crippen molar-refractivity contribution in [2.45, 2.75) is 31.7 Å². The number of fused-ring (bicyclic) bond motifs is 1. The molecule has 0 saturated heterocycles. The minimum atomic E-state index is -0.312. The highest BCUT2D eigenvalue weighted by Crippen LogP contribution is 2.34. The molecule has 1 amide bonds. The van der Waals surface area contributed by atoms with Crippen molar-refractivity contribution < 1.29 is 4.79 Å². The summed E-state index contributed by atoms with van der Waals surface area (Å²) >= 11 is 0. The lowest BCUT2D eigenvalue weighted by Gasteiger charge is -2.38. The van der Waals surface area contributed by atoms with Gasteiger partial charge in [-0.25, -0.2) is 9.97 Å². The second-order valence-electron chi connectivity index (χ2n) is 5.95. The Balaban J connectivity index is 1.94. The number of primary amides is 1. The number of aromatic nitrogens is 2. The molecular weight excluding hydrogens is 278 g/mol.